The molecule has 24 heavy (non-hydrogen) atoms. The molecule has 2 saturated heterocycles. The maximum Gasteiger partial charge on any atom is 0.227 e. The molecule has 132 valence electrons. The summed E-state index contributed by atoms with van der Waals surface area (Å²) in [7, 11) is 0. The van der Waals surface area contributed by atoms with Crippen LogP contribution in [0.2, 0.25) is 10.0 Å². The molecule has 1 amide bonds. The van der Waals surface area contributed by atoms with Crippen LogP contribution in [0.15, 0.2) is 12.1 Å². The van der Waals surface area contributed by atoms with Gasteiger partial charge in [0.05, 0.1) is 16.0 Å². The van der Waals surface area contributed by atoms with Gasteiger partial charge in [-0.15, -0.1) is 0 Å². The Bertz CT molecular complexity index is 612. The van der Waals surface area contributed by atoms with E-state index in [1.54, 1.807) is 6.07 Å². The second-order valence-corrected chi connectivity index (χ2v) is 7.52. The molecule has 2 atom stereocenters. The van der Waals surface area contributed by atoms with Crippen LogP contribution in [0.1, 0.15) is 30.9 Å². The number of nitrogens with zero attached hydrogens (tertiary/aromatic N) is 1. The van der Waals surface area contributed by atoms with E-state index in [4.69, 9.17) is 28.9 Å². The van der Waals surface area contributed by atoms with Gasteiger partial charge in [0.25, 0.3) is 0 Å². The summed E-state index contributed by atoms with van der Waals surface area (Å²) >= 11 is 12.0. The third-order valence-corrected chi connectivity index (χ3v) is 5.92. The molecule has 0 radical (unpaired) electrons. The molecule has 0 bridgehead atoms. The number of carbonyl (C=O) groups excluding carboxylic acids is 1. The van der Waals surface area contributed by atoms with Crippen LogP contribution in [0.25, 0.3) is 0 Å². The summed E-state index contributed by atoms with van der Waals surface area (Å²) in [4.78, 5) is 14.4. The number of carbonyl (C=O) groups is 1. The van der Waals surface area contributed by atoms with E-state index < -0.39 is 0 Å². The largest absolute Gasteiger partial charge is 0.508 e. The number of hydrogen-bond donors (Lipinski definition) is 3. The highest BCUT2D eigenvalue weighted by atomic mass is 35.5. The standard InChI is InChI=1S/C17H23Cl2N3O2/c18-13-7-12(15(23)8-14(13)19)16(20)10-2-5-22(6-3-10)17(24)11-1-4-21-9-11/h7-8,10-11,16,21,23H,1-6,9,20H2. The smallest absolute Gasteiger partial charge is 0.227 e. The zero-order chi connectivity index (χ0) is 17.3. The van der Waals surface area contributed by atoms with Gasteiger partial charge in [0.15, 0.2) is 0 Å². The summed E-state index contributed by atoms with van der Waals surface area (Å²) in [5, 5.41) is 14.0. The molecule has 1 aromatic rings. The van der Waals surface area contributed by atoms with Crippen molar-refractivity contribution in [2.45, 2.75) is 25.3 Å². The Morgan fingerprint density at radius 3 is 2.54 bits per heavy atom. The highest BCUT2D eigenvalue weighted by Gasteiger charge is 2.32. The molecule has 2 aliphatic rings. The number of hydrogen-bond acceptors (Lipinski definition) is 4. The summed E-state index contributed by atoms with van der Waals surface area (Å²) in [5.41, 5.74) is 6.98. The normalized spacial score (nSPS) is 23.5. The zero-order valence-corrected chi connectivity index (χ0v) is 15.0. The summed E-state index contributed by atoms with van der Waals surface area (Å²) < 4.78 is 0. The fourth-order valence-corrected chi connectivity index (χ4v) is 4.01. The number of nitrogens with two attached hydrogens (primary N) is 1. The van der Waals surface area contributed by atoms with E-state index in [0.29, 0.717) is 15.6 Å². The van der Waals surface area contributed by atoms with Gasteiger partial charge >= 0.3 is 0 Å². The van der Waals surface area contributed by atoms with Crippen molar-refractivity contribution in [3.63, 3.8) is 0 Å². The number of benzene rings is 1. The van der Waals surface area contributed by atoms with E-state index >= 15 is 0 Å². The highest BCUT2D eigenvalue weighted by molar-refractivity contribution is 6.42. The molecule has 0 spiro atoms. The van der Waals surface area contributed by atoms with Gasteiger partial charge in [-0.2, -0.15) is 0 Å². The van der Waals surface area contributed by atoms with Gasteiger partial charge in [0.1, 0.15) is 5.75 Å². The van der Waals surface area contributed by atoms with Gasteiger partial charge in [-0.1, -0.05) is 23.2 Å². The van der Waals surface area contributed by atoms with E-state index in [1.807, 2.05) is 4.90 Å². The molecular weight excluding hydrogens is 349 g/mol. The van der Waals surface area contributed by atoms with E-state index in [9.17, 15) is 9.90 Å². The maximum absolute atomic E-state index is 12.5. The molecular formula is C17H23Cl2N3O2. The predicted molar refractivity (Wildman–Crippen MR) is 95.3 cm³/mol. The molecule has 7 heteroatoms. The minimum atomic E-state index is -0.315. The number of piperidine rings is 1. The quantitative estimate of drug-likeness (QED) is 0.762. The van der Waals surface area contributed by atoms with Crippen molar-refractivity contribution in [1.29, 1.82) is 0 Å². The number of phenolic OH excluding ortho intramolecular Hbond substituents is 1. The van der Waals surface area contributed by atoms with Crippen molar-refractivity contribution in [3.05, 3.63) is 27.7 Å². The first kappa shape index (κ1) is 17.8. The molecule has 2 fully saturated rings. The van der Waals surface area contributed by atoms with Crippen LogP contribution < -0.4 is 11.1 Å². The summed E-state index contributed by atoms with van der Waals surface area (Å²) in [6.07, 6.45) is 2.58. The molecule has 0 aromatic heterocycles. The lowest BCUT2D eigenvalue weighted by atomic mass is 9.85. The number of amides is 1. The first-order valence-corrected chi connectivity index (χ1v) is 9.16. The van der Waals surface area contributed by atoms with E-state index in [1.165, 1.54) is 6.07 Å². The van der Waals surface area contributed by atoms with Crippen molar-refractivity contribution in [2.75, 3.05) is 26.2 Å². The predicted octanol–water partition coefficient (Wildman–Crippen LogP) is 2.55. The van der Waals surface area contributed by atoms with Gasteiger partial charge in [0, 0.05) is 37.3 Å². The van der Waals surface area contributed by atoms with Gasteiger partial charge < -0.3 is 21.1 Å². The first-order valence-electron chi connectivity index (χ1n) is 8.40. The van der Waals surface area contributed by atoms with E-state index in [-0.39, 0.29) is 29.5 Å². The van der Waals surface area contributed by atoms with Crippen molar-refractivity contribution in [2.24, 2.45) is 17.6 Å². The lowest BCUT2D eigenvalue weighted by Gasteiger charge is -2.36. The Labute approximate surface area is 152 Å². The lowest BCUT2D eigenvalue weighted by molar-refractivity contribution is -0.136. The summed E-state index contributed by atoms with van der Waals surface area (Å²) in [6.45, 7) is 3.15. The number of rotatable bonds is 3. The minimum Gasteiger partial charge on any atom is -0.508 e. The van der Waals surface area contributed by atoms with Crippen molar-refractivity contribution in [3.8, 4) is 5.75 Å². The molecule has 0 saturated carbocycles. The molecule has 3 rings (SSSR count). The third kappa shape index (κ3) is 3.64. The van der Waals surface area contributed by atoms with Crippen LogP contribution in [0.4, 0.5) is 0 Å². The monoisotopic (exact) mass is 371 g/mol. The van der Waals surface area contributed by atoms with Crippen molar-refractivity contribution < 1.29 is 9.90 Å². The Kier molecular flexibility index (Phi) is 5.55. The van der Waals surface area contributed by atoms with Crippen LogP contribution >= 0.6 is 23.2 Å². The number of nitrogens with one attached hydrogen (secondary N) is 1. The van der Waals surface area contributed by atoms with E-state index in [0.717, 1.165) is 45.4 Å². The molecule has 2 heterocycles. The van der Waals surface area contributed by atoms with Crippen LogP contribution in [0.5, 0.6) is 5.75 Å². The molecule has 4 N–H and O–H groups in total. The second-order valence-electron chi connectivity index (χ2n) is 6.70. The van der Waals surface area contributed by atoms with Gasteiger partial charge in [-0.3, -0.25) is 4.79 Å². The zero-order valence-electron chi connectivity index (χ0n) is 13.5. The average molecular weight is 372 g/mol. The number of likely N-dealkylation sites (tertiary alicyclic amines) is 1. The van der Waals surface area contributed by atoms with Gasteiger partial charge in [0.2, 0.25) is 5.91 Å². The van der Waals surface area contributed by atoms with Crippen LogP contribution in [-0.4, -0.2) is 42.1 Å². The number of aromatic hydroxyl groups is 1. The SMILES string of the molecule is NC(c1cc(Cl)c(Cl)cc1O)C1CCN(C(=O)C2CCNC2)CC1. The molecule has 1 aromatic carbocycles. The molecule has 0 aliphatic carbocycles. The fraction of sp³-hybridized carbons (Fsp3) is 0.588. The Morgan fingerprint density at radius 2 is 1.92 bits per heavy atom. The minimum absolute atomic E-state index is 0.0763. The number of halogens is 2. The van der Waals surface area contributed by atoms with Crippen molar-refractivity contribution >= 4 is 29.1 Å². The highest BCUT2D eigenvalue weighted by Crippen LogP contribution is 2.37. The summed E-state index contributed by atoms with van der Waals surface area (Å²) in [6, 6.07) is 2.77. The van der Waals surface area contributed by atoms with Crippen LogP contribution in [0.3, 0.4) is 0 Å². The Balaban J connectivity index is 1.62. The maximum atomic E-state index is 12.5. The van der Waals surface area contributed by atoms with Crippen molar-refractivity contribution in [1.82, 2.24) is 10.2 Å². The Morgan fingerprint density at radius 1 is 1.25 bits per heavy atom. The summed E-state index contributed by atoms with van der Waals surface area (Å²) in [5.74, 6) is 0.657. The molecule has 2 unspecified atom stereocenters. The topological polar surface area (TPSA) is 78.6 Å². The second kappa shape index (κ2) is 7.48. The van der Waals surface area contributed by atoms with E-state index in [2.05, 4.69) is 5.32 Å². The third-order valence-electron chi connectivity index (χ3n) is 5.20. The lowest BCUT2D eigenvalue weighted by Crippen LogP contribution is -2.44. The first-order chi connectivity index (χ1) is 11.5. The Hall–Kier alpha value is -1.01. The van der Waals surface area contributed by atoms with Gasteiger partial charge in [-0.25, -0.2) is 0 Å². The molecule has 5 nitrogen and oxygen atoms in total. The van der Waals surface area contributed by atoms with Gasteiger partial charge in [-0.05, 0) is 37.8 Å². The fourth-order valence-electron chi connectivity index (χ4n) is 3.68. The average Bonchev–Trinajstić information content (AvgIpc) is 3.11. The number of phenols is 1. The molecule has 2 aliphatic heterocycles. The van der Waals surface area contributed by atoms with Crippen LogP contribution in [0, 0.1) is 11.8 Å². The van der Waals surface area contributed by atoms with Crippen LogP contribution in [-0.2, 0) is 4.79 Å².